The lowest BCUT2D eigenvalue weighted by Gasteiger charge is -2.28. The molecule has 0 spiro atoms. The molecule has 0 aliphatic carbocycles. The number of rotatable bonds is 3. The zero-order valence-electron chi connectivity index (χ0n) is 10.2. The van der Waals surface area contributed by atoms with E-state index in [-0.39, 0.29) is 11.1 Å². The Bertz CT molecular complexity index is 383. The monoisotopic (exact) mass is 222 g/mol. The van der Waals surface area contributed by atoms with Crippen molar-refractivity contribution in [3.05, 3.63) is 24.0 Å². The molecule has 0 aliphatic rings. The molecule has 0 amide bonds. The molecule has 4 heteroatoms. The number of carboxylic acids is 1. The molecule has 0 aliphatic heterocycles. The Kier molecular flexibility index (Phi) is 3.52. The van der Waals surface area contributed by atoms with Crippen LogP contribution in [0.2, 0.25) is 0 Å². The van der Waals surface area contributed by atoms with Crippen molar-refractivity contribution >= 4 is 11.7 Å². The fourth-order valence-corrected chi connectivity index (χ4v) is 1.67. The van der Waals surface area contributed by atoms with Gasteiger partial charge in [-0.25, -0.2) is 9.78 Å². The summed E-state index contributed by atoms with van der Waals surface area (Å²) in [6.07, 6.45) is 1.50. The predicted octanol–water partition coefficient (Wildman–Crippen LogP) is 2.26. The Morgan fingerprint density at radius 2 is 2.12 bits per heavy atom. The highest BCUT2D eigenvalue weighted by Gasteiger charge is 2.19. The van der Waals surface area contributed by atoms with Crippen molar-refractivity contribution < 1.29 is 9.90 Å². The number of carbonyl (C=O) groups is 1. The van der Waals surface area contributed by atoms with Crippen LogP contribution in [-0.4, -0.2) is 29.7 Å². The molecule has 16 heavy (non-hydrogen) atoms. The Hall–Kier alpha value is -1.58. The van der Waals surface area contributed by atoms with E-state index in [4.69, 9.17) is 5.11 Å². The van der Waals surface area contributed by atoms with Crippen LogP contribution in [0.15, 0.2) is 18.3 Å². The molecule has 88 valence electrons. The molecular weight excluding hydrogens is 204 g/mol. The quantitative estimate of drug-likeness (QED) is 0.852. The maximum Gasteiger partial charge on any atom is 0.356 e. The van der Waals surface area contributed by atoms with Crippen LogP contribution < -0.4 is 4.90 Å². The number of carboxylic acid groups (broad SMARTS) is 1. The SMILES string of the molecule is CN(CC(C)(C)C)c1cccnc1C(=O)O. The fraction of sp³-hybridized carbons (Fsp3) is 0.500. The first kappa shape index (κ1) is 12.5. The first-order valence-corrected chi connectivity index (χ1v) is 5.21. The van der Waals surface area contributed by atoms with E-state index in [2.05, 4.69) is 25.8 Å². The lowest BCUT2D eigenvalue weighted by molar-refractivity contribution is 0.0691. The summed E-state index contributed by atoms with van der Waals surface area (Å²) in [5.41, 5.74) is 0.875. The smallest absolute Gasteiger partial charge is 0.356 e. The van der Waals surface area contributed by atoms with Crippen molar-refractivity contribution in [2.24, 2.45) is 5.41 Å². The van der Waals surface area contributed by atoms with Crippen molar-refractivity contribution in [2.45, 2.75) is 20.8 Å². The third-order valence-electron chi connectivity index (χ3n) is 2.11. The molecule has 1 heterocycles. The minimum absolute atomic E-state index is 0.106. The second-order valence-corrected chi connectivity index (χ2v) is 5.09. The minimum atomic E-state index is -0.989. The summed E-state index contributed by atoms with van der Waals surface area (Å²) >= 11 is 0. The molecule has 0 unspecified atom stereocenters. The number of nitrogens with zero attached hydrogens (tertiary/aromatic N) is 2. The fourth-order valence-electron chi connectivity index (χ4n) is 1.67. The van der Waals surface area contributed by atoms with Crippen LogP contribution in [0.1, 0.15) is 31.3 Å². The lowest BCUT2D eigenvalue weighted by Crippen LogP contribution is -2.30. The highest BCUT2D eigenvalue weighted by molar-refractivity contribution is 5.92. The molecule has 1 aromatic rings. The van der Waals surface area contributed by atoms with Crippen molar-refractivity contribution in [1.29, 1.82) is 0 Å². The van der Waals surface area contributed by atoms with Gasteiger partial charge in [0.15, 0.2) is 5.69 Å². The average Bonchev–Trinajstić information content (AvgIpc) is 2.15. The van der Waals surface area contributed by atoms with Crippen molar-refractivity contribution in [2.75, 3.05) is 18.5 Å². The zero-order chi connectivity index (χ0) is 12.3. The van der Waals surface area contributed by atoms with E-state index in [1.54, 1.807) is 12.1 Å². The zero-order valence-corrected chi connectivity index (χ0v) is 10.2. The second-order valence-electron chi connectivity index (χ2n) is 5.09. The first-order valence-electron chi connectivity index (χ1n) is 5.21. The summed E-state index contributed by atoms with van der Waals surface area (Å²) in [6.45, 7) is 7.11. The van der Waals surface area contributed by atoms with Crippen LogP contribution in [0.3, 0.4) is 0 Å². The Morgan fingerprint density at radius 1 is 1.50 bits per heavy atom. The number of hydrogen-bond acceptors (Lipinski definition) is 3. The van der Waals surface area contributed by atoms with Crippen molar-refractivity contribution in [3.8, 4) is 0 Å². The molecule has 0 atom stereocenters. The summed E-state index contributed by atoms with van der Waals surface area (Å²) in [4.78, 5) is 16.8. The van der Waals surface area contributed by atoms with Gasteiger partial charge in [-0.05, 0) is 17.5 Å². The molecule has 1 N–H and O–H groups in total. The predicted molar refractivity (Wildman–Crippen MR) is 63.9 cm³/mol. The topological polar surface area (TPSA) is 53.4 Å². The van der Waals surface area contributed by atoms with Gasteiger partial charge in [-0.1, -0.05) is 20.8 Å². The molecule has 4 nitrogen and oxygen atoms in total. The second kappa shape index (κ2) is 4.51. The van der Waals surface area contributed by atoms with Crippen molar-refractivity contribution in [3.63, 3.8) is 0 Å². The Labute approximate surface area is 95.9 Å². The van der Waals surface area contributed by atoms with Gasteiger partial charge in [-0.3, -0.25) is 0 Å². The van der Waals surface area contributed by atoms with Crippen LogP contribution in [0.25, 0.3) is 0 Å². The van der Waals surface area contributed by atoms with E-state index < -0.39 is 5.97 Å². The first-order chi connectivity index (χ1) is 7.31. The summed E-state index contributed by atoms with van der Waals surface area (Å²) in [5.74, 6) is -0.989. The van der Waals surface area contributed by atoms with Gasteiger partial charge in [0.2, 0.25) is 0 Å². The number of pyridine rings is 1. The van der Waals surface area contributed by atoms with E-state index >= 15 is 0 Å². The Balaban J connectivity index is 2.99. The van der Waals surface area contributed by atoms with Crippen LogP contribution in [0.5, 0.6) is 0 Å². The largest absolute Gasteiger partial charge is 0.476 e. The number of aromatic carboxylic acids is 1. The van der Waals surface area contributed by atoms with Gasteiger partial charge in [0.1, 0.15) is 0 Å². The van der Waals surface area contributed by atoms with Gasteiger partial charge in [0, 0.05) is 19.8 Å². The average molecular weight is 222 g/mol. The van der Waals surface area contributed by atoms with Gasteiger partial charge in [0.05, 0.1) is 5.69 Å². The normalized spacial score (nSPS) is 11.2. The minimum Gasteiger partial charge on any atom is -0.476 e. The summed E-state index contributed by atoms with van der Waals surface area (Å²) < 4.78 is 0. The van der Waals surface area contributed by atoms with Gasteiger partial charge >= 0.3 is 5.97 Å². The third-order valence-corrected chi connectivity index (χ3v) is 2.11. The van der Waals surface area contributed by atoms with Crippen LogP contribution in [-0.2, 0) is 0 Å². The van der Waals surface area contributed by atoms with Gasteiger partial charge < -0.3 is 10.0 Å². The Morgan fingerprint density at radius 3 is 2.62 bits per heavy atom. The molecular formula is C12H18N2O2. The van der Waals surface area contributed by atoms with Crippen LogP contribution in [0.4, 0.5) is 5.69 Å². The molecule has 0 radical (unpaired) electrons. The maximum atomic E-state index is 11.0. The van der Waals surface area contributed by atoms with Crippen LogP contribution >= 0.6 is 0 Å². The third kappa shape index (κ3) is 3.22. The highest BCUT2D eigenvalue weighted by atomic mass is 16.4. The number of aromatic nitrogens is 1. The van der Waals surface area contributed by atoms with Crippen molar-refractivity contribution in [1.82, 2.24) is 4.98 Å². The van der Waals surface area contributed by atoms with E-state index in [0.717, 1.165) is 6.54 Å². The summed E-state index contributed by atoms with van der Waals surface area (Å²) in [5, 5.41) is 9.02. The van der Waals surface area contributed by atoms with Gasteiger partial charge in [0.25, 0.3) is 0 Å². The van der Waals surface area contributed by atoms with E-state index in [1.807, 2.05) is 11.9 Å². The molecule has 0 saturated carbocycles. The number of hydrogen-bond donors (Lipinski definition) is 1. The molecule has 0 saturated heterocycles. The lowest BCUT2D eigenvalue weighted by atomic mass is 9.96. The van der Waals surface area contributed by atoms with E-state index in [1.165, 1.54) is 6.20 Å². The molecule has 0 bridgehead atoms. The van der Waals surface area contributed by atoms with Gasteiger partial charge in [-0.2, -0.15) is 0 Å². The van der Waals surface area contributed by atoms with Crippen LogP contribution in [0, 0.1) is 5.41 Å². The van der Waals surface area contributed by atoms with Gasteiger partial charge in [-0.15, -0.1) is 0 Å². The molecule has 0 aromatic carbocycles. The highest BCUT2D eigenvalue weighted by Crippen LogP contribution is 2.22. The standard InChI is InChI=1S/C12H18N2O2/c1-12(2,3)8-14(4)9-6-5-7-13-10(9)11(15)16/h5-7H,8H2,1-4H3,(H,15,16). The summed E-state index contributed by atoms with van der Waals surface area (Å²) in [7, 11) is 1.88. The molecule has 1 rings (SSSR count). The maximum absolute atomic E-state index is 11.0. The number of anilines is 1. The molecule has 0 fully saturated rings. The van der Waals surface area contributed by atoms with E-state index in [0.29, 0.717) is 5.69 Å². The summed E-state index contributed by atoms with van der Waals surface area (Å²) in [6, 6.07) is 3.53. The molecule has 1 aromatic heterocycles. The van der Waals surface area contributed by atoms with E-state index in [9.17, 15) is 4.79 Å².